The second-order valence-corrected chi connectivity index (χ2v) is 5.72. The van der Waals surface area contributed by atoms with E-state index in [1.54, 1.807) is 18.0 Å². The Morgan fingerprint density at radius 1 is 1.15 bits per heavy atom. The first kappa shape index (κ1) is 14.9. The van der Waals surface area contributed by atoms with Gasteiger partial charge in [-0.3, -0.25) is 4.98 Å². The van der Waals surface area contributed by atoms with Crippen molar-refractivity contribution in [2.75, 3.05) is 6.26 Å². The average Bonchev–Trinajstić information content (AvgIpc) is 2.46. The van der Waals surface area contributed by atoms with E-state index < -0.39 is 0 Å². The largest absolute Gasteiger partial charge is 0.456 e. The van der Waals surface area contributed by atoms with Crippen molar-refractivity contribution in [3.05, 3.63) is 48.3 Å². The highest BCUT2D eigenvalue weighted by Crippen LogP contribution is 2.24. The minimum atomic E-state index is 0.457. The summed E-state index contributed by atoms with van der Waals surface area (Å²) >= 11 is 1.72. The summed E-state index contributed by atoms with van der Waals surface area (Å²) in [6, 6.07) is 10.5. The summed E-state index contributed by atoms with van der Waals surface area (Å²) in [6.07, 6.45) is 5.66. The van der Waals surface area contributed by atoms with Crippen LogP contribution in [0.4, 0.5) is 0 Å². The number of ether oxygens (including phenoxy) is 1. The van der Waals surface area contributed by atoms with E-state index in [9.17, 15) is 0 Å². The molecule has 1 N–H and O–H groups in total. The Bertz CT molecular complexity index is 540. The third-order valence-corrected chi connectivity index (χ3v) is 3.52. The summed E-state index contributed by atoms with van der Waals surface area (Å²) in [4.78, 5) is 5.45. The summed E-state index contributed by atoms with van der Waals surface area (Å²) in [5, 5.41) is 3.37. The molecule has 4 heteroatoms. The number of pyridine rings is 1. The molecule has 0 aliphatic carbocycles. The molecule has 0 atom stereocenters. The Labute approximate surface area is 124 Å². The number of aromatic nitrogens is 1. The Balaban J connectivity index is 2.02. The van der Waals surface area contributed by atoms with Gasteiger partial charge >= 0.3 is 0 Å². The lowest BCUT2D eigenvalue weighted by atomic mass is 10.2. The van der Waals surface area contributed by atoms with Gasteiger partial charge in [0.15, 0.2) is 0 Å². The monoisotopic (exact) mass is 288 g/mol. The molecule has 0 radical (unpaired) electrons. The van der Waals surface area contributed by atoms with Gasteiger partial charge in [0, 0.05) is 23.7 Å². The van der Waals surface area contributed by atoms with E-state index >= 15 is 0 Å². The molecule has 0 bridgehead atoms. The van der Waals surface area contributed by atoms with E-state index in [4.69, 9.17) is 4.74 Å². The van der Waals surface area contributed by atoms with E-state index in [0.717, 1.165) is 23.6 Å². The predicted octanol–water partition coefficient (Wildman–Crippen LogP) is 4.09. The van der Waals surface area contributed by atoms with Gasteiger partial charge in [0.2, 0.25) is 0 Å². The maximum Gasteiger partial charge on any atom is 0.146 e. The van der Waals surface area contributed by atoms with E-state index in [-0.39, 0.29) is 0 Å². The van der Waals surface area contributed by atoms with Gasteiger partial charge in [-0.05, 0) is 42.2 Å². The van der Waals surface area contributed by atoms with E-state index in [2.05, 4.69) is 42.5 Å². The molecular weight excluding hydrogens is 268 g/mol. The highest BCUT2D eigenvalue weighted by Gasteiger charge is 2.01. The molecule has 20 heavy (non-hydrogen) atoms. The Hall–Kier alpha value is -1.52. The maximum absolute atomic E-state index is 5.83. The van der Waals surface area contributed by atoms with Crippen LogP contribution >= 0.6 is 11.8 Å². The lowest BCUT2D eigenvalue weighted by Crippen LogP contribution is -2.21. The first-order valence-electron chi connectivity index (χ1n) is 6.66. The zero-order chi connectivity index (χ0) is 14.4. The van der Waals surface area contributed by atoms with Crippen molar-refractivity contribution in [3.8, 4) is 11.5 Å². The Morgan fingerprint density at radius 2 is 1.90 bits per heavy atom. The minimum Gasteiger partial charge on any atom is -0.456 e. The molecule has 2 aromatic rings. The van der Waals surface area contributed by atoms with Crippen molar-refractivity contribution in [1.29, 1.82) is 0 Å². The summed E-state index contributed by atoms with van der Waals surface area (Å²) in [5.74, 6) is 1.60. The highest BCUT2D eigenvalue weighted by atomic mass is 32.2. The van der Waals surface area contributed by atoms with Crippen LogP contribution in [0.15, 0.2) is 47.6 Å². The quantitative estimate of drug-likeness (QED) is 0.812. The molecule has 1 aromatic heterocycles. The van der Waals surface area contributed by atoms with Crippen molar-refractivity contribution in [3.63, 3.8) is 0 Å². The number of hydrogen-bond acceptors (Lipinski definition) is 4. The lowest BCUT2D eigenvalue weighted by Gasteiger charge is -2.10. The second-order valence-electron chi connectivity index (χ2n) is 4.84. The van der Waals surface area contributed by atoms with Gasteiger partial charge in [-0.2, -0.15) is 0 Å². The molecule has 0 saturated heterocycles. The number of thioether (sulfide) groups is 1. The molecule has 0 unspecified atom stereocenters. The van der Waals surface area contributed by atoms with Gasteiger partial charge in [-0.1, -0.05) is 13.8 Å². The third kappa shape index (κ3) is 4.54. The normalized spacial score (nSPS) is 10.8. The van der Waals surface area contributed by atoms with Gasteiger partial charge < -0.3 is 10.1 Å². The van der Waals surface area contributed by atoms with Crippen LogP contribution in [0.2, 0.25) is 0 Å². The summed E-state index contributed by atoms with van der Waals surface area (Å²) in [5.41, 5.74) is 1.12. The number of benzene rings is 1. The van der Waals surface area contributed by atoms with E-state index in [0.29, 0.717) is 6.04 Å². The molecule has 0 amide bonds. The van der Waals surface area contributed by atoms with Gasteiger partial charge in [-0.15, -0.1) is 11.8 Å². The van der Waals surface area contributed by atoms with E-state index in [1.807, 2.05) is 24.4 Å². The van der Waals surface area contributed by atoms with Crippen LogP contribution < -0.4 is 10.1 Å². The minimum absolute atomic E-state index is 0.457. The Morgan fingerprint density at radius 3 is 2.55 bits per heavy atom. The van der Waals surface area contributed by atoms with Crippen molar-refractivity contribution in [2.45, 2.75) is 31.3 Å². The number of rotatable bonds is 6. The summed E-state index contributed by atoms with van der Waals surface area (Å²) in [7, 11) is 0. The van der Waals surface area contributed by atoms with Crippen molar-refractivity contribution in [1.82, 2.24) is 10.3 Å². The fraction of sp³-hybridized carbons (Fsp3) is 0.312. The van der Waals surface area contributed by atoms with Gasteiger partial charge in [0.05, 0.1) is 6.20 Å². The van der Waals surface area contributed by atoms with Crippen LogP contribution in [0.1, 0.15) is 19.4 Å². The molecule has 0 aliphatic heterocycles. The standard InChI is InChI=1S/C16H20N2OS/c1-12(2)18-10-13-8-15(11-17-9-13)19-14-4-6-16(20-3)7-5-14/h4-9,11-12,18H,10H2,1-3H3. The molecule has 1 heterocycles. The SMILES string of the molecule is CSc1ccc(Oc2cncc(CNC(C)C)c2)cc1. The maximum atomic E-state index is 5.83. The molecule has 1 aromatic carbocycles. The van der Waals surface area contributed by atoms with E-state index in [1.165, 1.54) is 4.90 Å². The molecule has 0 aliphatic rings. The number of hydrogen-bond donors (Lipinski definition) is 1. The fourth-order valence-corrected chi connectivity index (χ4v) is 2.13. The Kier molecular flexibility index (Phi) is 5.44. The average molecular weight is 288 g/mol. The molecule has 0 spiro atoms. The molecule has 106 valence electrons. The first-order valence-corrected chi connectivity index (χ1v) is 7.89. The number of nitrogens with zero attached hydrogens (tertiary/aromatic N) is 1. The zero-order valence-electron chi connectivity index (χ0n) is 12.1. The summed E-state index contributed by atoms with van der Waals surface area (Å²) in [6.45, 7) is 5.05. The van der Waals surface area contributed by atoms with Crippen LogP contribution in [0.25, 0.3) is 0 Å². The first-order chi connectivity index (χ1) is 9.67. The lowest BCUT2D eigenvalue weighted by molar-refractivity contribution is 0.478. The second kappa shape index (κ2) is 7.31. The van der Waals surface area contributed by atoms with Crippen molar-refractivity contribution < 1.29 is 4.74 Å². The third-order valence-electron chi connectivity index (χ3n) is 2.78. The molecule has 3 nitrogen and oxygen atoms in total. The smallest absolute Gasteiger partial charge is 0.146 e. The zero-order valence-corrected chi connectivity index (χ0v) is 12.9. The van der Waals surface area contributed by atoms with Gasteiger partial charge in [0.1, 0.15) is 11.5 Å². The number of nitrogens with one attached hydrogen (secondary N) is 1. The van der Waals surface area contributed by atoms with Crippen LogP contribution in [0.3, 0.4) is 0 Å². The fourth-order valence-electron chi connectivity index (χ4n) is 1.72. The predicted molar refractivity (Wildman–Crippen MR) is 84.5 cm³/mol. The van der Waals surface area contributed by atoms with Crippen molar-refractivity contribution in [2.24, 2.45) is 0 Å². The molecule has 0 fully saturated rings. The van der Waals surface area contributed by atoms with Gasteiger partial charge in [0.25, 0.3) is 0 Å². The molecular formula is C16H20N2OS. The molecule has 2 rings (SSSR count). The van der Waals surface area contributed by atoms with Crippen LogP contribution in [0.5, 0.6) is 11.5 Å². The van der Waals surface area contributed by atoms with Crippen LogP contribution in [-0.4, -0.2) is 17.3 Å². The highest BCUT2D eigenvalue weighted by molar-refractivity contribution is 7.98. The summed E-state index contributed by atoms with van der Waals surface area (Å²) < 4.78 is 5.83. The topological polar surface area (TPSA) is 34.1 Å². The van der Waals surface area contributed by atoms with Gasteiger partial charge in [-0.25, -0.2) is 0 Å². The van der Waals surface area contributed by atoms with Crippen LogP contribution in [-0.2, 0) is 6.54 Å². The van der Waals surface area contributed by atoms with Crippen LogP contribution in [0, 0.1) is 0 Å². The molecule has 0 saturated carbocycles. The van der Waals surface area contributed by atoms with Crippen molar-refractivity contribution >= 4 is 11.8 Å².